The van der Waals surface area contributed by atoms with E-state index in [2.05, 4.69) is 5.32 Å². The second kappa shape index (κ2) is 10.2. The zero-order valence-corrected chi connectivity index (χ0v) is 19.7. The standard InChI is InChI=1S/C24H25ClN2O4S/c1-17-9-10-18(2)23(13-17)32(29,30)27(15-19-7-5-4-6-8-19)16-24(28)26-20-11-12-22(31-3)21(25)14-20/h4-14H,15-16H2,1-3H3,(H,26,28). The van der Waals surface area contributed by atoms with Gasteiger partial charge in [-0.05, 0) is 54.8 Å². The molecule has 0 bridgehead atoms. The predicted octanol–water partition coefficient (Wildman–Crippen LogP) is 4.80. The van der Waals surface area contributed by atoms with Crippen molar-refractivity contribution in [2.45, 2.75) is 25.3 Å². The van der Waals surface area contributed by atoms with Crippen LogP contribution in [0.4, 0.5) is 5.69 Å². The van der Waals surface area contributed by atoms with Gasteiger partial charge in [0.15, 0.2) is 0 Å². The molecule has 1 amide bonds. The summed E-state index contributed by atoms with van der Waals surface area (Å²) in [6, 6.07) is 19.2. The Balaban J connectivity index is 1.90. The lowest BCUT2D eigenvalue weighted by Crippen LogP contribution is -2.37. The van der Waals surface area contributed by atoms with Gasteiger partial charge in [-0.2, -0.15) is 4.31 Å². The molecular formula is C24H25ClN2O4S. The summed E-state index contributed by atoms with van der Waals surface area (Å²) in [6.07, 6.45) is 0. The smallest absolute Gasteiger partial charge is 0.244 e. The fourth-order valence-electron chi connectivity index (χ4n) is 3.24. The molecule has 0 saturated heterocycles. The maximum atomic E-state index is 13.5. The van der Waals surface area contributed by atoms with E-state index in [-0.39, 0.29) is 18.0 Å². The van der Waals surface area contributed by atoms with Gasteiger partial charge in [-0.25, -0.2) is 8.42 Å². The van der Waals surface area contributed by atoms with Gasteiger partial charge in [0.2, 0.25) is 15.9 Å². The molecule has 168 valence electrons. The maximum absolute atomic E-state index is 13.5. The molecule has 8 heteroatoms. The lowest BCUT2D eigenvalue weighted by molar-refractivity contribution is -0.116. The molecule has 3 aromatic carbocycles. The highest BCUT2D eigenvalue weighted by Crippen LogP contribution is 2.27. The topological polar surface area (TPSA) is 75.7 Å². The number of nitrogens with zero attached hydrogens (tertiary/aromatic N) is 1. The molecule has 0 aromatic heterocycles. The van der Waals surface area contributed by atoms with Crippen molar-refractivity contribution in [2.75, 3.05) is 19.0 Å². The largest absolute Gasteiger partial charge is 0.495 e. The summed E-state index contributed by atoms with van der Waals surface area (Å²) in [5.74, 6) is 0.00363. The molecule has 0 aliphatic rings. The summed E-state index contributed by atoms with van der Waals surface area (Å²) in [5, 5.41) is 3.06. The Morgan fingerprint density at radius 2 is 1.75 bits per heavy atom. The van der Waals surface area contributed by atoms with Crippen molar-refractivity contribution in [3.8, 4) is 5.75 Å². The summed E-state index contributed by atoms with van der Waals surface area (Å²) in [4.78, 5) is 13.0. The van der Waals surface area contributed by atoms with Crippen molar-refractivity contribution < 1.29 is 17.9 Å². The first kappa shape index (κ1) is 23.8. The second-order valence-electron chi connectivity index (χ2n) is 7.43. The van der Waals surface area contributed by atoms with Crippen LogP contribution >= 0.6 is 11.6 Å². The molecular weight excluding hydrogens is 448 g/mol. The quantitative estimate of drug-likeness (QED) is 0.511. The molecule has 0 fully saturated rings. The molecule has 0 saturated carbocycles. The van der Waals surface area contributed by atoms with Crippen molar-refractivity contribution in [3.05, 3.63) is 88.4 Å². The number of nitrogens with one attached hydrogen (secondary N) is 1. The minimum Gasteiger partial charge on any atom is -0.495 e. The number of rotatable bonds is 8. The van der Waals surface area contributed by atoms with Gasteiger partial charge in [-0.3, -0.25) is 4.79 Å². The van der Waals surface area contributed by atoms with Gasteiger partial charge in [0, 0.05) is 12.2 Å². The highest BCUT2D eigenvalue weighted by atomic mass is 35.5. The number of aryl methyl sites for hydroxylation is 2. The normalized spacial score (nSPS) is 11.4. The number of hydrogen-bond acceptors (Lipinski definition) is 4. The summed E-state index contributed by atoms with van der Waals surface area (Å²) in [5.41, 5.74) is 2.67. The van der Waals surface area contributed by atoms with E-state index in [0.717, 1.165) is 11.1 Å². The molecule has 0 unspecified atom stereocenters. The van der Waals surface area contributed by atoms with Crippen LogP contribution < -0.4 is 10.1 Å². The number of carbonyl (C=O) groups is 1. The van der Waals surface area contributed by atoms with Crippen molar-refractivity contribution in [1.29, 1.82) is 0 Å². The second-order valence-corrected chi connectivity index (χ2v) is 9.74. The summed E-state index contributed by atoms with van der Waals surface area (Å²) >= 11 is 6.13. The summed E-state index contributed by atoms with van der Waals surface area (Å²) in [6.45, 7) is 3.29. The zero-order valence-electron chi connectivity index (χ0n) is 18.1. The lowest BCUT2D eigenvalue weighted by Gasteiger charge is -2.23. The highest BCUT2D eigenvalue weighted by molar-refractivity contribution is 7.89. The Kier molecular flexibility index (Phi) is 7.56. The molecule has 0 atom stereocenters. The van der Waals surface area contributed by atoms with Crippen LogP contribution in [0.1, 0.15) is 16.7 Å². The van der Waals surface area contributed by atoms with Crippen molar-refractivity contribution in [3.63, 3.8) is 0 Å². The van der Waals surface area contributed by atoms with E-state index in [0.29, 0.717) is 22.0 Å². The van der Waals surface area contributed by atoms with E-state index < -0.39 is 15.9 Å². The highest BCUT2D eigenvalue weighted by Gasteiger charge is 2.28. The molecule has 0 radical (unpaired) electrons. The number of halogens is 1. The zero-order chi connectivity index (χ0) is 23.3. The number of benzene rings is 3. The number of ether oxygens (including phenoxy) is 1. The Morgan fingerprint density at radius 1 is 1.03 bits per heavy atom. The molecule has 0 aliphatic heterocycles. The van der Waals surface area contributed by atoms with Crippen LogP contribution in [-0.4, -0.2) is 32.3 Å². The van der Waals surface area contributed by atoms with Gasteiger partial charge in [-0.15, -0.1) is 0 Å². The first-order chi connectivity index (χ1) is 15.2. The third kappa shape index (κ3) is 5.68. The first-order valence-corrected chi connectivity index (χ1v) is 11.8. The van der Waals surface area contributed by atoms with E-state index in [9.17, 15) is 13.2 Å². The first-order valence-electron chi connectivity index (χ1n) is 9.95. The molecule has 3 rings (SSSR count). The van der Waals surface area contributed by atoms with E-state index in [4.69, 9.17) is 16.3 Å². The van der Waals surface area contributed by atoms with Crippen LogP contribution in [0.25, 0.3) is 0 Å². The number of hydrogen-bond donors (Lipinski definition) is 1. The van der Waals surface area contributed by atoms with E-state index >= 15 is 0 Å². The van der Waals surface area contributed by atoms with Crippen LogP contribution in [0.15, 0.2) is 71.6 Å². The fourth-order valence-corrected chi connectivity index (χ4v) is 5.19. The van der Waals surface area contributed by atoms with Gasteiger partial charge in [0.25, 0.3) is 0 Å². The third-order valence-corrected chi connectivity index (χ3v) is 7.15. The Bertz CT molecular complexity index is 1210. The van der Waals surface area contributed by atoms with Crippen LogP contribution in [0.3, 0.4) is 0 Å². The van der Waals surface area contributed by atoms with Crippen LogP contribution in [0.2, 0.25) is 5.02 Å². The van der Waals surface area contributed by atoms with Gasteiger partial charge in [0.05, 0.1) is 23.6 Å². The number of sulfonamides is 1. The average molecular weight is 473 g/mol. The number of amides is 1. The third-order valence-electron chi connectivity index (χ3n) is 4.92. The van der Waals surface area contributed by atoms with Gasteiger partial charge in [-0.1, -0.05) is 54.1 Å². The van der Waals surface area contributed by atoms with Gasteiger partial charge < -0.3 is 10.1 Å². The number of carbonyl (C=O) groups excluding carboxylic acids is 1. The Morgan fingerprint density at radius 3 is 2.41 bits per heavy atom. The van der Waals surface area contributed by atoms with E-state index in [1.165, 1.54) is 11.4 Å². The van der Waals surface area contributed by atoms with Crippen molar-refractivity contribution >= 4 is 33.2 Å². The molecule has 0 spiro atoms. The number of methoxy groups -OCH3 is 1. The summed E-state index contributed by atoms with van der Waals surface area (Å²) < 4.78 is 33.4. The monoisotopic (exact) mass is 472 g/mol. The maximum Gasteiger partial charge on any atom is 0.244 e. The SMILES string of the molecule is COc1ccc(NC(=O)CN(Cc2ccccc2)S(=O)(=O)c2cc(C)ccc2C)cc1Cl. The lowest BCUT2D eigenvalue weighted by atomic mass is 10.2. The van der Waals surface area contributed by atoms with Crippen molar-refractivity contribution in [2.24, 2.45) is 0 Å². The molecule has 3 aromatic rings. The average Bonchev–Trinajstić information content (AvgIpc) is 2.75. The van der Waals surface area contributed by atoms with Gasteiger partial charge >= 0.3 is 0 Å². The van der Waals surface area contributed by atoms with Gasteiger partial charge in [0.1, 0.15) is 5.75 Å². The number of anilines is 1. The predicted molar refractivity (Wildman–Crippen MR) is 127 cm³/mol. The molecule has 0 heterocycles. The van der Waals surface area contributed by atoms with Crippen LogP contribution in [0, 0.1) is 13.8 Å². The van der Waals surface area contributed by atoms with E-state index in [1.807, 2.05) is 43.3 Å². The van der Waals surface area contributed by atoms with E-state index in [1.54, 1.807) is 37.3 Å². The fraction of sp³-hybridized carbons (Fsp3) is 0.208. The molecule has 6 nitrogen and oxygen atoms in total. The molecule has 1 N–H and O–H groups in total. The Labute approximate surface area is 193 Å². The van der Waals surface area contributed by atoms with Crippen molar-refractivity contribution in [1.82, 2.24) is 4.31 Å². The summed E-state index contributed by atoms with van der Waals surface area (Å²) in [7, 11) is -2.43. The minimum atomic E-state index is -3.93. The van der Waals surface area contributed by atoms with Crippen LogP contribution in [0.5, 0.6) is 5.75 Å². The van der Waals surface area contributed by atoms with Crippen LogP contribution in [-0.2, 0) is 21.4 Å². The minimum absolute atomic E-state index is 0.0628. The molecule has 0 aliphatic carbocycles. The Hall–Kier alpha value is -2.87. The molecule has 32 heavy (non-hydrogen) atoms.